The van der Waals surface area contributed by atoms with Gasteiger partial charge in [0.1, 0.15) is 0 Å². The van der Waals surface area contributed by atoms with Gasteiger partial charge in [-0.25, -0.2) is 5.84 Å². The molecule has 1 aliphatic carbocycles. The Balaban J connectivity index is 2.44. The van der Waals surface area contributed by atoms with Crippen molar-refractivity contribution in [2.45, 2.75) is 65.8 Å². The third kappa shape index (κ3) is 5.25. The molecule has 0 amide bonds. The molecule has 0 spiro atoms. The molecule has 1 rings (SSSR count). The SMILES string of the molecule is CC(CN=C(NN)NC1CCCCC1)C(C)(C)C. The number of rotatable bonds is 3. The number of guanidine groups is 1. The Labute approximate surface area is 112 Å². The molecule has 1 fully saturated rings. The molecule has 18 heavy (non-hydrogen) atoms. The zero-order valence-corrected chi connectivity index (χ0v) is 12.4. The van der Waals surface area contributed by atoms with Crippen molar-refractivity contribution in [3.63, 3.8) is 0 Å². The zero-order chi connectivity index (χ0) is 13.6. The molecule has 0 saturated heterocycles. The van der Waals surface area contributed by atoms with Crippen LogP contribution >= 0.6 is 0 Å². The molecule has 1 aliphatic rings. The fraction of sp³-hybridized carbons (Fsp3) is 0.929. The maximum atomic E-state index is 5.54. The lowest BCUT2D eigenvalue weighted by molar-refractivity contribution is 0.269. The molecular formula is C14H30N4. The second-order valence-corrected chi connectivity index (χ2v) is 6.58. The molecule has 4 N–H and O–H groups in total. The molecule has 0 aromatic carbocycles. The molecular weight excluding hydrogens is 224 g/mol. The van der Waals surface area contributed by atoms with Gasteiger partial charge in [0.25, 0.3) is 0 Å². The number of nitrogens with one attached hydrogen (secondary N) is 2. The normalized spacial score (nSPS) is 20.6. The van der Waals surface area contributed by atoms with Crippen LogP contribution < -0.4 is 16.6 Å². The lowest BCUT2D eigenvalue weighted by Gasteiger charge is -2.27. The Morgan fingerprint density at radius 2 is 1.89 bits per heavy atom. The van der Waals surface area contributed by atoms with Gasteiger partial charge in [0.15, 0.2) is 0 Å². The van der Waals surface area contributed by atoms with E-state index in [9.17, 15) is 0 Å². The van der Waals surface area contributed by atoms with Crippen LogP contribution in [-0.2, 0) is 0 Å². The molecule has 1 atom stereocenters. The molecule has 4 nitrogen and oxygen atoms in total. The van der Waals surface area contributed by atoms with Crippen molar-refractivity contribution in [2.24, 2.45) is 22.2 Å². The van der Waals surface area contributed by atoms with E-state index in [1.807, 2.05) is 0 Å². The van der Waals surface area contributed by atoms with Gasteiger partial charge < -0.3 is 5.32 Å². The molecule has 0 bridgehead atoms. The smallest absolute Gasteiger partial charge is 0.205 e. The van der Waals surface area contributed by atoms with Crippen LogP contribution in [0.1, 0.15) is 59.8 Å². The average molecular weight is 254 g/mol. The minimum absolute atomic E-state index is 0.286. The summed E-state index contributed by atoms with van der Waals surface area (Å²) < 4.78 is 0. The third-order valence-electron chi connectivity index (χ3n) is 4.08. The minimum atomic E-state index is 0.286. The largest absolute Gasteiger partial charge is 0.353 e. The standard InChI is InChI=1S/C14H30N4/c1-11(14(2,3)4)10-16-13(18-15)17-12-8-6-5-7-9-12/h11-12H,5-10,15H2,1-4H3,(H2,16,17,18). The van der Waals surface area contributed by atoms with E-state index in [-0.39, 0.29) is 5.41 Å². The molecule has 0 heterocycles. The molecule has 1 unspecified atom stereocenters. The van der Waals surface area contributed by atoms with Crippen molar-refractivity contribution in [3.8, 4) is 0 Å². The van der Waals surface area contributed by atoms with Crippen LogP contribution in [0.15, 0.2) is 4.99 Å². The van der Waals surface area contributed by atoms with E-state index in [2.05, 4.69) is 43.4 Å². The van der Waals surface area contributed by atoms with Crippen LogP contribution in [-0.4, -0.2) is 18.5 Å². The minimum Gasteiger partial charge on any atom is -0.353 e. The van der Waals surface area contributed by atoms with E-state index in [1.165, 1.54) is 32.1 Å². The van der Waals surface area contributed by atoms with Crippen molar-refractivity contribution in [3.05, 3.63) is 0 Å². The van der Waals surface area contributed by atoms with Gasteiger partial charge in [-0.05, 0) is 24.2 Å². The van der Waals surface area contributed by atoms with E-state index in [1.54, 1.807) is 0 Å². The predicted octanol–water partition coefficient (Wildman–Crippen LogP) is 2.41. The number of nitrogens with two attached hydrogens (primary N) is 1. The maximum absolute atomic E-state index is 5.54. The number of nitrogens with zero attached hydrogens (tertiary/aromatic N) is 1. The molecule has 0 radical (unpaired) electrons. The first-order valence-corrected chi connectivity index (χ1v) is 7.21. The first-order valence-electron chi connectivity index (χ1n) is 7.21. The van der Waals surface area contributed by atoms with Gasteiger partial charge in [0, 0.05) is 12.6 Å². The molecule has 106 valence electrons. The van der Waals surface area contributed by atoms with E-state index in [0.717, 1.165) is 12.5 Å². The topological polar surface area (TPSA) is 62.4 Å². The second kappa shape index (κ2) is 6.98. The lowest BCUT2D eigenvalue weighted by atomic mass is 9.82. The monoisotopic (exact) mass is 254 g/mol. The van der Waals surface area contributed by atoms with Gasteiger partial charge in [-0.15, -0.1) is 0 Å². The first kappa shape index (κ1) is 15.3. The average Bonchev–Trinajstić information content (AvgIpc) is 2.34. The van der Waals surface area contributed by atoms with Crippen molar-refractivity contribution in [1.29, 1.82) is 0 Å². The van der Waals surface area contributed by atoms with Gasteiger partial charge in [-0.1, -0.05) is 47.0 Å². The van der Waals surface area contributed by atoms with Crippen LogP contribution in [0, 0.1) is 11.3 Å². The first-order chi connectivity index (χ1) is 8.43. The summed E-state index contributed by atoms with van der Waals surface area (Å²) in [7, 11) is 0. The summed E-state index contributed by atoms with van der Waals surface area (Å²) in [4.78, 5) is 4.57. The van der Waals surface area contributed by atoms with Crippen molar-refractivity contribution in [2.75, 3.05) is 6.54 Å². The number of hydrogen-bond acceptors (Lipinski definition) is 2. The van der Waals surface area contributed by atoms with Crippen LogP contribution in [0.2, 0.25) is 0 Å². The Bertz CT molecular complexity index is 261. The van der Waals surface area contributed by atoms with E-state index < -0.39 is 0 Å². The lowest BCUT2D eigenvalue weighted by Crippen LogP contribution is -2.47. The Kier molecular flexibility index (Phi) is 5.93. The number of hydrogen-bond donors (Lipinski definition) is 3. The van der Waals surface area contributed by atoms with Crippen molar-refractivity contribution < 1.29 is 0 Å². The van der Waals surface area contributed by atoms with Crippen LogP contribution in [0.3, 0.4) is 0 Å². The quantitative estimate of drug-likeness (QED) is 0.314. The summed E-state index contributed by atoms with van der Waals surface area (Å²) in [6.07, 6.45) is 6.45. The summed E-state index contributed by atoms with van der Waals surface area (Å²) >= 11 is 0. The summed E-state index contributed by atoms with van der Waals surface area (Å²) in [5.41, 5.74) is 2.98. The van der Waals surface area contributed by atoms with E-state index in [4.69, 9.17) is 5.84 Å². The third-order valence-corrected chi connectivity index (χ3v) is 4.08. The second-order valence-electron chi connectivity index (χ2n) is 6.58. The maximum Gasteiger partial charge on any atom is 0.205 e. The fourth-order valence-electron chi connectivity index (χ4n) is 2.08. The summed E-state index contributed by atoms with van der Waals surface area (Å²) in [6, 6.07) is 0.540. The van der Waals surface area contributed by atoms with Crippen LogP contribution in [0.25, 0.3) is 0 Å². The summed E-state index contributed by atoms with van der Waals surface area (Å²) in [5.74, 6) is 6.83. The van der Waals surface area contributed by atoms with Gasteiger partial charge in [0.2, 0.25) is 5.96 Å². The van der Waals surface area contributed by atoms with Crippen molar-refractivity contribution >= 4 is 5.96 Å². The highest BCUT2D eigenvalue weighted by Gasteiger charge is 2.20. The Morgan fingerprint density at radius 3 is 2.39 bits per heavy atom. The number of aliphatic imine (C=N–C) groups is 1. The molecule has 0 aromatic rings. The predicted molar refractivity (Wildman–Crippen MR) is 78.3 cm³/mol. The Morgan fingerprint density at radius 1 is 1.28 bits per heavy atom. The van der Waals surface area contributed by atoms with Crippen LogP contribution in [0.4, 0.5) is 0 Å². The molecule has 0 aliphatic heterocycles. The van der Waals surface area contributed by atoms with Gasteiger partial charge >= 0.3 is 0 Å². The molecule has 0 aromatic heterocycles. The molecule has 4 heteroatoms. The highest BCUT2D eigenvalue weighted by atomic mass is 15.3. The summed E-state index contributed by atoms with van der Waals surface area (Å²) in [6.45, 7) is 9.78. The highest BCUT2D eigenvalue weighted by Crippen LogP contribution is 2.25. The van der Waals surface area contributed by atoms with Gasteiger partial charge in [-0.3, -0.25) is 10.4 Å². The highest BCUT2D eigenvalue weighted by molar-refractivity contribution is 5.79. The van der Waals surface area contributed by atoms with E-state index >= 15 is 0 Å². The zero-order valence-electron chi connectivity index (χ0n) is 12.4. The fourth-order valence-corrected chi connectivity index (χ4v) is 2.08. The summed E-state index contributed by atoms with van der Waals surface area (Å²) in [5, 5.41) is 3.43. The molecule has 1 saturated carbocycles. The Hall–Kier alpha value is -0.770. The van der Waals surface area contributed by atoms with Gasteiger partial charge in [0.05, 0.1) is 0 Å². The van der Waals surface area contributed by atoms with Crippen LogP contribution in [0.5, 0.6) is 0 Å². The number of hydrazine groups is 1. The van der Waals surface area contributed by atoms with E-state index in [0.29, 0.717) is 12.0 Å². The van der Waals surface area contributed by atoms with Gasteiger partial charge in [-0.2, -0.15) is 0 Å². The van der Waals surface area contributed by atoms with Crippen molar-refractivity contribution in [1.82, 2.24) is 10.7 Å².